The van der Waals surface area contributed by atoms with Crippen LogP contribution in [0.25, 0.3) is 6.08 Å². The fraction of sp³-hybridized carbons (Fsp3) is 0.143. The number of hydrogen-bond donors (Lipinski definition) is 2. The molecular weight excluding hydrogens is 368 g/mol. The van der Waals surface area contributed by atoms with Gasteiger partial charge in [0, 0.05) is 11.9 Å². The number of thiocarbonyl (C=S) groups is 1. The number of aryl methyl sites for hydroxylation is 2. The van der Waals surface area contributed by atoms with Gasteiger partial charge in [-0.2, -0.15) is 5.10 Å². The molecule has 3 rings (SSSR count). The highest BCUT2D eigenvalue weighted by Gasteiger charge is 2.00. The van der Waals surface area contributed by atoms with Gasteiger partial charge in [0.1, 0.15) is 5.69 Å². The molecule has 7 heteroatoms. The summed E-state index contributed by atoms with van der Waals surface area (Å²) in [6.45, 7) is 4.79. The third-order valence-corrected chi connectivity index (χ3v) is 4.16. The van der Waals surface area contributed by atoms with Crippen molar-refractivity contribution in [3.05, 3.63) is 83.2 Å². The van der Waals surface area contributed by atoms with Gasteiger partial charge in [0.2, 0.25) is 0 Å². The molecule has 0 spiro atoms. The van der Waals surface area contributed by atoms with E-state index in [1.807, 2.05) is 49.5 Å². The lowest BCUT2D eigenvalue weighted by Crippen LogP contribution is -2.24. The molecule has 1 heterocycles. The molecule has 0 unspecified atom stereocenters. The largest absolute Gasteiger partial charge is 0.331 e. The highest BCUT2D eigenvalue weighted by Crippen LogP contribution is 2.15. The van der Waals surface area contributed by atoms with E-state index >= 15 is 0 Å². The highest BCUT2D eigenvalue weighted by molar-refractivity contribution is 7.80. The quantitative estimate of drug-likeness (QED) is 0.379. The van der Waals surface area contributed by atoms with Crippen LogP contribution < -0.4 is 10.7 Å². The van der Waals surface area contributed by atoms with Crippen molar-refractivity contribution in [2.75, 3.05) is 5.32 Å². The van der Waals surface area contributed by atoms with Crippen molar-refractivity contribution in [1.29, 1.82) is 0 Å². The molecule has 0 saturated carbocycles. The van der Waals surface area contributed by atoms with E-state index in [0.717, 1.165) is 16.9 Å². The molecular formula is C21H22N6S. The number of hydrogen-bond acceptors (Lipinski definition) is 4. The minimum absolute atomic E-state index is 0.436. The average Bonchev–Trinajstić information content (AvgIpc) is 3.12. The van der Waals surface area contributed by atoms with Crippen LogP contribution in [0.4, 0.5) is 5.69 Å². The fourth-order valence-electron chi connectivity index (χ4n) is 2.62. The molecule has 1 aromatic heterocycles. The normalized spacial score (nSPS) is 11.2. The lowest BCUT2D eigenvalue weighted by atomic mass is 10.1. The van der Waals surface area contributed by atoms with Crippen LogP contribution in [-0.2, 0) is 6.54 Å². The number of hydrazone groups is 1. The van der Waals surface area contributed by atoms with Crippen molar-refractivity contribution in [3.8, 4) is 0 Å². The Morgan fingerprint density at radius 1 is 1.18 bits per heavy atom. The van der Waals surface area contributed by atoms with Gasteiger partial charge in [-0.3, -0.25) is 5.43 Å². The molecule has 0 saturated heterocycles. The first-order valence-electron chi connectivity index (χ1n) is 8.88. The summed E-state index contributed by atoms with van der Waals surface area (Å²) in [5.74, 6) is 0. The van der Waals surface area contributed by atoms with E-state index in [2.05, 4.69) is 51.3 Å². The Labute approximate surface area is 170 Å². The fourth-order valence-corrected chi connectivity index (χ4v) is 2.78. The Morgan fingerprint density at radius 2 is 2.00 bits per heavy atom. The van der Waals surface area contributed by atoms with E-state index in [9.17, 15) is 0 Å². The van der Waals surface area contributed by atoms with Crippen LogP contribution in [0.1, 0.15) is 22.4 Å². The first-order valence-corrected chi connectivity index (χ1v) is 9.29. The van der Waals surface area contributed by atoms with E-state index in [-0.39, 0.29) is 0 Å². The first-order chi connectivity index (χ1) is 13.6. The third kappa shape index (κ3) is 5.85. The van der Waals surface area contributed by atoms with E-state index in [4.69, 9.17) is 12.2 Å². The number of nitrogens with zero attached hydrogens (tertiary/aromatic N) is 4. The standard InChI is InChI=1S/C21H22N6S/c1-16-10-11-20(17(2)13-16)23-21(28)25-22-12-6-9-19-15-27(26-24-19)14-18-7-4-3-5-8-18/h3-13,15H,14H2,1-2H3,(H2,23,25,28)/b9-6+,22-12-. The predicted molar refractivity (Wildman–Crippen MR) is 118 cm³/mol. The van der Waals surface area contributed by atoms with Gasteiger partial charge in [-0.1, -0.05) is 53.2 Å². The maximum Gasteiger partial charge on any atom is 0.191 e. The number of nitrogens with one attached hydrogen (secondary N) is 2. The second-order valence-corrected chi connectivity index (χ2v) is 6.76. The maximum atomic E-state index is 5.25. The molecule has 0 aliphatic heterocycles. The molecule has 142 valence electrons. The van der Waals surface area contributed by atoms with Crippen molar-refractivity contribution in [1.82, 2.24) is 20.4 Å². The van der Waals surface area contributed by atoms with E-state index in [1.165, 1.54) is 11.1 Å². The molecule has 3 aromatic rings. The van der Waals surface area contributed by atoms with Crippen molar-refractivity contribution in [2.45, 2.75) is 20.4 Å². The van der Waals surface area contributed by atoms with Gasteiger partial charge in [0.05, 0.1) is 12.7 Å². The summed E-state index contributed by atoms with van der Waals surface area (Å²) in [5, 5.41) is 15.9. The summed E-state index contributed by atoms with van der Waals surface area (Å²) < 4.78 is 1.80. The van der Waals surface area contributed by atoms with Gasteiger partial charge in [-0.05, 0) is 55.4 Å². The molecule has 0 atom stereocenters. The molecule has 6 nitrogen and oxygen atoms in total. The molecule has 0 bridgehead atoms. The smallest absolute Gasteiger partial charge is 0.191 e. The zero-order chi connectivity index (χ0) is 19.8. The highest BCUT2D eigenvalue weighted by atomic mass is 32.1. The Hall–Kier alpha value is -3.32. The summed E-state index contributed by atoms with van der Waals surface area (Å²) in [5.41, 5.74) is 8.04. The summed E-state index contributed by atoms with van der Waals surface area (Å²) >= 11 is 5.25. The minimum Gasteiger partial charge on any atom is -0.331 e. The minimum atomic E-state index is 0.436. The Morgan fingerprint density at radius 3 is 2.79 bits per heavy atom. The van der Waals surface area contributed by atoms with Crippen LogP contribution >= 0.6 is 12.2 Å². The summed E-state index contributed by atoms with van der Waals surface area (Å²) in [7, 11) is 0. The number of rotatable bonds is 6. The Bertz CT molecular complexity index is 991. The Balaban J connectivity index is 1.46. The zero-order valence-electron chi connectivity index (χ0n) is 15.8. The summed E-state index contributed by atoms with van der Waals surface area (Å²) in [4.78, 5) is 0. The number of allylic oxidation sites excluding steroid dienone is 1. The summed E-state index contributed by atoms with van der Waals surface area (Å²) in [6, 6.07) is 16.3. The van der Waals surface area contributed by atoms with Crippen molar-refractivity contribution >= 4 is 35.3 Å². The lowest BCUT2D eigenvalue weighted by Gasteiger charge is -2.10. The van der Waals surface area contributed by atoms with Gasteiger partial charge in [0.15, 0.2) is 5.11 Å². The van der Waals surface area contributed by atoms with Gasteiger partial charge < -0.3 is 5.32 Å². The monoisotopic (exact) mass is 390 g/mol. The van der Waals surface area contributed by atoms with E-state index in [0.29, 0.717) is 11.7 Å². The lowest BCUT2D eigenvalue weighted by molar-refractivity contribution is 0.649. The van der Waals surface area contributed by atoms with E-state index < -0.39 is 0 Å². The molecule has 2 aromatic carbocycles. The second kappa shape index (κ2) is 9.57. The van der Waals surface area contributed by atoms with Crippen molar-refractivity contribution < 1.29 is 0 Å². The van der Waals surface area contributed by atoms with Crippen LogP contribution in [0, 0.1) is 13.8 Å². The number of aromatic nitrogens is 3. The molecule has 0 radical (unpaired) electrons. The molecule has 0 fully saturated rings. The van der Waals surface area contributed by atoms with Crippen LogP contribution in [0.5, 0.6) is 0 Å². The van der Waals surface area contributed by atoms with Crippen LogP contribution in [0.15, 0.2) is 65.9 Å². The van der Waals surface area contributed by atoms with Crippen LogP contribution in [0.3, 0.4) is 0 Å². The molecule has 0 aliphatic rings. The second-order valence-electron chi connectivity index (χ2n) is 6.35. The molecule has 2 N–H and O–H groups in total. The van der Waals surface area contributed by atoms with Crippen molar-refractivity contribution in [3.63, 3.8) is 0 Å². The SMILES string of the molecule is Cc1ccc(NC(=S)N/N=C\C=C\c2cn(Cc3ccccc3)nn2)c(C)c1. The molecule has 28 heavy (non-hydrogen) atoms. The first kappa shape index (κ1) is 19.4. The molecule has 0 amide bonds. The summed E-state index contributed by atoms with van der Waals surface area (Å²) in [6.07, 6.45) is 7.12. The maximum absolute atomic E-state index is 5.25. The van der Waals surface area contributed by atoms with Crippen LogP contribution in [-0.4, -0.2) is 26.3 Å². The Kier molecular flexibility index (Phi) is 6.64. The van der Waals surface area contributed by atoms with Crippen LogP contribution in [0.2, 0.25) is 0 Å². The number of benzene rings is 2. The van der Waals surface area contributed by atoms with Gasteiger partial charge >= 0.3 is 0 Å². The molecule has 0 aliphatic carbocycles. The van der Waals surface area contributed by atoms with Gasteiger partial charge in [0.25, 0.3) is 0 Å². The predicted octanol–water partition coefficient (Wildman–Crippen LogP) is 3.93. The van der Waals surface area contributed by atoms with Gasteiger partial charge in [-0.15, -0.1) is 5.10 Å². The number of anilines is 1. The average molecular weight is 391 g/mol. The third-order valence-electron chi connectivity index (χ3n) is 3.97. The van der Waals surface area contributed by atoms with Gasteiger partial charge in [-0.25, -0.2) is 4.68 Å². The zero-order valence-corrected chi connectivity index (χ0v) is 16.6. The topological polar surface area (TPSA) is 67.1 Å². The van der Waals surface area contributed by atoms with Crippen molar-refractivity contribution in [2.24, 2.45) is 5.10 Å². The van der Waals surface area contributed by atoms with E-state index in [1.54, 1.807) is 17.0 Å².